The second-order valence-corrected chi connectivity index (χ2v) is 5.01. The van der Waals surface area contributed by atoms with Crippen molar-refractivity contribution in [2.75, 3.05) is 26.4 Å². The maximum absolute atomic E-state index is 8.57. The Hall–Kier alpha value is -0.420. The maximum atomic E-state index is 8.57. The molecule has 1 heterocycles. The van der Waals surface area contributed by atoms with E-state index in [0.717, 1.165) is 6.54 Å². The highest BCUT2D eigenvalue weighted by atomic mass is 32.1. The van der Waals surface area contributed by atoms with Gasteiger partial charge in [0, 0.05) is 17.5 Å². The van der Waals surface area contributed by atoms with Crippen molar-refractivity contribution >= 4 is 11.3 Å². The molecule has 1 atom stereocenters. The first kappa shape index (κ1) is 13.6. The Bertz CT molecular complexity index is 262. The van der Waals surface area contributed by atoms with Crippen LogP contribution in [0.3, 0.4) is 0 Å². The fraction of sp³-hybridized carbons (Fsp3) is 0.667. The van der Waals surface area contributed by atoms with Crippen LogP contribution in [-0.4, -0.2) is 31.5 Å². The van der Waals surface area contributed by atoms with Gasteiger partial charge in [0.2, 0.25) is 0 Å². The van der Waals surface area contributed by atoms with Gasteiger partial charge in [-0.15, -0.1) is 11.3 Å². The third-order valence-electron chi connectivity index (χ3n) is 2.36. The molecule has 92 valence electrons. The van der Waals surface area contributed by atoms with Crippen molar-refractivity contribution in [1.82, 2.24) is 5.32 Å². The first-order valence-corrected chi connectivity index (χ1v) is 6.59. The van der Waals surface area contributed by atoms with E-state index in [1.807, 2.05) is 0 Å². The molecule has 0 aliphatic carbocycles. The molecule has 0 fully saturated rings. The summed E-state index contributed by atoms with van der Waals surface area (Å²) < 4.78 is 5.22. The number of aliphatic hydroxyl groups excluding tert-OH is 1. The van der Waals surface area contributed by atoms with Gasteiger partial charge in [0.05, 0.1) is 19.8 Å². The predicted octanol–water partition coefficient (Wildman–Crippen LogP) is 2.04. The van der Waals surface area contributed by atoms with Gasteiger partial charge in [-0.05, 0) is 17.4 Å². The lowest BCUT2D eigenvalue weighted by atomic mass is 10.0. The first-order chi connectivity index (χ1) is 7.75. The van der Waals surface area contributed by atoms with Crippen LogP contribution in [0.1, 0.15) is 24.8 Å². The Kier molecular flexibility index (Phi) is 6.64. The van der Waals surface area contributed by atoms with Crippen LogP contribution >= 0.6 is 11.3 Å². The van der Waals surface area contributed by atoms with Crippen molar-refractivity contribution in [3.05, 3.63) is 22.4 Å². The van der Waals surface area contributed by atoms with Crippen LogP contribution in [0.5, 0.6) is 0 Å². The van der Waals surface area contributed by atoms with E-state index < -0.39 is 0 Å². The molecule has 1 unspecified atom stereocenters. The van der Waals surface area contributed by atoms with E-state index in [0.29, 0.717) is 25.2 Å². The Morgan fingerprint density at radius 1 is 1.44 bits per heavy atom. The molecule has 0 aliphatic rings. The Morgan fingerprint density at radius 3 is 2.81 bits per heavy atom. The van der Waals surface area contributed by atoms with Gasteiger partial charge in [-0.1, -0.05) is 19.9 Å². The molecule has 4 heteroatoms. The zero-order chi connectivity index (χ0) is 11.8. The molecule has 1 rings (SSSR count). The summed E-state index contributed by atoms with van der Waals surface area (Å²) in [4.78, 5) is 1.37. The minimum Gasteiger partial charge on any atom is -0.394 e. The largest absolute Gasteiger partial charge is 0.394 e. The molecule has 0 spiro atoms. The normalized spacial score (nSPS) is 13.2. The number of rotatable bonds is 8. The molecule has 1 aromatic rings. The Balaban J connectivity index is 2.30. The Morgan fingerprint density at radius 2 is 2.25 bits per heavy atom. The van der Waals surface area contributed by atoms with Gasteiger partial charge in [-0.25, -0.2) is 0 Å². The number of thiophene rings is 1. The summed E-state index contributed by atoms with van der Waals surface area (Å²) in [6.07, 6.45) is 0. The number of hydrogen-bond acceptors (Lipinski definition) is 4. The summed E-state index contributed by atoms with van der Waals surface area (Å²) in [6, 6.07) is 4.65. The summed E-state index contributed by atoms with van der Waals surface area (Å²) in [5.41, 5.74) is 0. The van der Waals surface area contributed by atoms with E-state index in [1.54, 1.807) is 11.3 Å². The number of ether oxygens (including phenoxy) is 1. The molecular weight excluding hydrogens is 222 g/mol. The SMILES string of the molecule is CC(C)C(NCCOCCO)c1cccs1. The molecular formula is C12H21NO2S. The molecule has 0 aromatic carbocycles. The fourth-order valence-electron chi connectivity index (χ4n) is 1.59. The topological polar surface area (TPSA) is 41.5 Å². The van der Waals surface area contributed by atoms with Crippen LogP contribution < -0.4 is 5.32 Å². The van der Waals surface area contributed by atoms with Crippen LogP contribution in [0.15, 0.2) is 17.5 Å². The lowest BCUT2D eigenvalue weighted by Gasteiger charge is -2.21. The van der Waals surface area contributed by atoms with Gasteiger partial charge in [-0.2, -0.15) is 0 Å². The van der Waals surface area contributed by atoms with Crippen LogP contribution in [0.25, 0.3) is 0 Å². The molecule has 0 amide bonds. The summed E-state index contributed by atoms with van der Waals surface area (Å²) >= 11 is 1.78. The third kappa shape index (κ3) is 4.61. The molecule has 0 radical (unpaired) electrons. The van der Waals surface area contributed by atoms with Crippen LogP contribution in [-0.2, 0) is 4.74 Å². The lowest BCUT2D eigenvalue weighted by molar-refractivity contribution is 0.0917. The van der Waals surface area contributed by atoms with Crippen molar-refractivity contribution in [1.29, 1.82) is 0 Å². The van der Waals surface area contributed by atoms with E-state index in [1.165, 1.54) is 4.88 Å². The van der Waals surface area contributed by atoms with Gasteiger partial charge in [0.15, 0.2) is 0 Å². The van der Waals surface area contributed by atoms with Gasteiger partial charge >= 0.3 is 0 Å². The summed E-state index contributed by atoms with van der Waals surface area (Å²) in [5.74, 6) is 0.566. The molecule has 3 nitrogen and oxygen atoms in total. The van der Waals surface area contributed by atoms with Gasteiger partial charge in [0.1, 0.15) is 0 Å². The molecule has 2 N–H and O–H groups in total. The maximum Gasteiger partial charge on any atom is 0.0698 e. The van der Waals surface area contributed by atoms with Crippen LogP contribution in [0.4, 0.5) is 0 Å². The molecule has 0 aliphatic heterocycles. The van der Waals surface area contributed by atoms with E-state index >= 15 is 0 Å². The quantitative estimate of drug-likeness (QED) is 0.687. The smallest absolute Gasteiger partial charge is 0.0698 e. The molecule has 1 aromatic heterocycles. The van der Waals surface area contributed by atoms with Crippen LogP contribution in [0, 0.1) is 5.92 Å². The second-order valence-electron chi connectivity index (χ2n) is 4.03. The van der Waals surface area contributed by atoms with Gasteiger partial charge in [0.25, 0.3) is 0 Å². The van der Waals surface area contributed by atoms with Crippen molar-refractivity contribution in [3.8, 4) is 0 Å². The number of hydrogen-bond donors (Lipinski definition) is 2. The number of aliphatic hydroxyl groups is 1. The second kappa shape index (κ2) is 7.79. The summed E-state index contributed by atoms with van der Waals surface area (Å²) in [7, 11) is 0. The van der Waals surface area contributed by atoms with E-state index in [9.17, 15) is 0 Å². The highest BCUT2D eigenvalue weighted by molar-refractivity contribution is 7.10. The zero-order valence-electron chi connectivity index (χ0n) is 9.98. The zero-order valence-corrected chi connectivity index (χ0v) is 10.8. The minimum atomic E-state index is 0.0958. The van der Waals surface area contributed by atoms with Gasteiger partial charge in [-0.3, -0.25) is 0 Å². The van der Waals surface area contributed by atoms with E-state index in [2.05, 4.69) is 36.7 Å². The fourth-order valence-corrected chi connectivity index (χ4v) is 2.56. The van der Waals surface area contributed by atoms with Crippen molar-refractivity contribution in [2.24, 2.45) is 5.92 Å². The first-order valence-electron chi connectivity index (χ1n) is 5.71. The van der Waals surface area contributed by atoms with E-state index in [-0.39, 0.29) is 6.61 Å². The highest BCUT2D eigenvalue weighted by Gasteiger charge is 2.15. The summed E-state index contributed by atoms with van der Waals surface area (Å²) in [6.45, 7) is 6.42. The van der Waals surface area contributed by atoms with Crippen molar-refractivity contribution in [2.45, 2.75) is 19.9 Å². The molecule has 0 bridgehead atoms. The van der Waals surface area contributed by atoms with E-state index in [4.69, 9.17) is 9.84 Å². The predicted molar refractivity (Wildman–Crippen MR) is 67.8 cm³/mol. The van der Waals surface area contributed by atoms with Gasteiger partial charge < -0.3 is 15.2 Å². The average molecular weight is 243 g/mol. The summed E-state index contributed by atoms with van der Waals surface area (Å²) in [5, 5.41) is 14.2. The molecule has 0 saturated carbocycles. The molecule has 0 saturated heterocycles. The molecule has 16 heavy (non-hydrogen) atoms. The highest BCUT2D eigenvalue weighted by Crippen LogP contribution is 2.25. The average Bonchev–Trinajstić information content (AvgIpc) is 2.76. The monoisotopic (exact) mass is 243 g/mol. The number of nitrogens with one attached hydrogen (secondary N) is 1. The standard InChI is InChI=1S/C12H21NO2S/c1-10(2)12(11-4-3-9-16-11)13-5-7-15-8-6-14/h3-4,9-10,12-14H,5-8H2,1-2H3. The van der Waals surface area contributed by atoms with Crippen LogP contribution in [0.2, 0.25) is 0 Å². The lowest BCUT2D eigenvalue weighted by Crippen LogP contribution is -2.28. The minimum absolute atomic E-state index is 0.0958. The third-order valence-corrected chi connectivity index (χ3v) is 3.32. The van der Waals surface area contributed by atoms with Crippen molar-refractivity contribution in [3.63, 3.8) is 0 Å². The van der Waals surface area contributed by atoms with Crippen molar-refractivity contribution < 1.29 is 9.84 Å². The Labute approximate surface area is 101 Å².